The first-order valence-corrected chi connectivity index (χ1v) is 40.5. The minimum Gasteiger partial charge on any atom is -0.494 e. The van der Waals surface area contributed by atoms with E-state index in [2.05, 4.69) is 71.9 Å². The molecule has 0 saturated carbocycles. The molecule has 10 heterocycles. The van der Waals surface area contributed by atoms with Crippen LogP contribution in [0, 0.1) is 13.8 Å². The molecule has 15 rings (SSSR count). The summed E-state index contributed by atoms with van der Waals surface area (Å²) in [5.74, 6) is 0.0400. The van der Waals surface area contributed by atoms with Crippen molar-refractivity contribution in [1.82, 2.24) is 90.2 Å². The molecule has 672 valence electrons. The second-order valence-electron chi connectivity index (χ2n) is 26.8. The maximum Gasteiger partial charge on any atom is 0.410 e. The number of nitrogens with two attached hydrogens (primary N) is 2. The highest BCUT2D eigenvalue weighted by molar-refractivity contribution is 7.89. The molecule has 8 amide bonds. The Kier molecular flexibility index (Phi) is 30.0. The molecule has 5 aromatic carbocycles. The highest BCUT2D eigenvalue weighted by Gasteiger charge is 2.30. The van der Waals surface area contributed by atoms with Gasteiger partial charge in [-0.05, 0) is 166 Å². The van der Waals surface area contributed by atoms with E-state index < -0.39 is 127 Å². The maximum absolute atomic E-state index is 12.7. The SMILES string of the molecule is Cl.NC(=O)Oc1ccccc1.[2H]C([2H])(CC)COS(=O)(=O)c1ccc(C)cc1.[2H]C([2H])([2H])NC(=O)c1nnc(Cl)cc1Nc1cccc(-c2ncn(C)n2)c1OC.[2H]C1([2H])CN(C(=O)Nc2cc(Nc3cccc(-c4ncn(C)n4)c3OC)c(C(=O)NC([2H])([2H])[2H])nn2)C1.[2H]C1([2H])CN(C(=O)OC(C)(C)C)C1.[2H]C1([2H])CN(C(N)=O)C1.[2H]C1([2H])CN(S(=O)(=O)c2ccc(C)cc2)C1.[2H]C1([2H])CNC1.[2H]C1([2H])CNC1. The third-order valence-electron chi connectivity index (χ3n) is 16.2. The molecule has 0 radical (unpaired) electrons. The number of primary amides is 2. The van der Waals surface area contributed by atoms with Gasteiger partial charge in [0, 0.05) is 120 Å². The molecular formula is C82H113Cl2N23O15S2. The molecule has 4 aromatic heterocycles. The highest BCUT2D eigenvalue weighted by atomic mass is 35.5. The monoisotopic (exact) mass is 1810 g/mol. The lowest BCUT2D eigenvalue weighted by Gasteiger charge is -2.32. The number of para-hydroxylation sites is 3. The van der Waals surface area contributed by atoms with Crippen LogP contribution in [0.4, 0.5) is 47.7 Å². The number of aryl methyl sites for hydroxylation is 4. The molecule has 6 fully saturated rings. The van der Waals surface area contributed by atoms with Gasteiger partial charge in [-0.1, -0.05) is 90.7 Å². The van der Waals surface area contributed by atoms with Crippen LogP contribution in [0.15, 0.2) is 150 Å². The largest absolute Gasteiger partial charge is 0.494 e. The normalized spacial score (nSPS) is 18.9. The lowest BCUT2D eigenvalue weighted by Crippen LogP contribution is -2.45. The summed E-state index contributed by atoms with van der Waals surface area (Å²) in [7, 11) is -0.979. The second kappa shape index (κ2) is 50.6. The van der Waals surface area contributed by atoms with Gasteiger partial charge in [0.05, 0.1) is 64.5 Å². The molecule has 0 aliphatic carbocycles. The third-order valence-corrected chi connectivity index (χ3v) is 19.5. The number of aromatic nitrogens is 10. The first-order chi connectivity index (χ1) is 66.0. The number of halogens is 2. The van der Waals surface area contributed by atoms with Gasteiger partial charge in [0.15, 0.2) is 45.5 Å². The zero-order valence-corrected chi connectivity index (χ0v) is 72.5. The number of hydrogen-bond acceptors (Lipinski definition) is 27. The van der Waals surface area contributed by atoms with E-state index in [0.717, 1.165) is 15.4 Å². The lowest BCUT2D eigenvalue weighted by atomic mass is 10.1. The summed E-state index contributed by atoms with van der Waals surface area (Å²) in [4.78, 5) is 81.7. The fourth-order valence-electron chi connectivity index (χ4n) is 9.44. The molecule has 38 nitrogen and oxygen atoms in total. The summed E-state index contributed by atoms with van der Waals surface area (Å²) in [5.41, 5.74) is 12.6. The number of ether oxygens (including phenoxy) is 4. The Morgan fingerprint density at radius 2 is 1.05 bits per heavy atom. The maximum atomic E-state index is 12.7. The molecule has 42 heteroatoms. The van der Waals surface area contributed by atoms with Crippen molar-refractivity contribution in [3.05, 3.63) is 168 Å². The topological polar surface area (TPSA) is 479 Å². The Morgan fingerprint density at radius 1 is 0.589 bits per heavy atom. The molecule has 0 bridgehead atoms. The highest BCUT2D eigenvalue weighted by Crippen LogP contribution is 2.39. The van der Waals surface area contributed by atoms with Crippen molar-refractivity contribution in [2.45, 2.75) is 108 Å². The number of carbonyl (C=O) groups excluding carboxylic acids is 6. The molecular weight excluding hydrogens is 1680 g/mol. The van der Waals surface area contributed by atoms with Crippen molar-refractivity contribution >= 4 is 109 Å². The Balaban J connectivity index is 0.000000263. The summed E-state index contributed by atoms with van der Waals surface area (Å²) < 4.78 is 221. The average Bonchev–Trinajstić information content (AvgIpc) is 0.895. The zero-order chi connectivity index (χ0) is 107. The van der Waals surface area contributed by atoms with Crippen molar-refractivity contribution in [3.8, 4) is 40.0 Å². The van der Waals surface area contributed by atoms with Crippen molar-refractivity contribution in [3.63, 3.8) is 0 Å². The Labute approximate surface area is 762 Å². The number of sulfonamides is 1. The summed E-state index contributed by atoms with van der Waals surface area (Å²) in [5, 5.41) is 41.4. The van der Waals surface area contributed by atoms with Gasteiger partial charge in [-0.15, -0.1) is 32.8 Å². The van der Waals surface area contributed by atoms with E-state index in [-0.39, 0.29) is 115 Å². The molecule has 6 saturated heterocycles. The quantitative estimate of drug-likeness (QED) is 0.0340. The number of likely N-dealkylation sites (tertiary alicyclic amines) is 3. The Hall–Kier alpha value is -11.9. The number of hydrogen-bond donors (Lipinski definition) is 9. The number of nitrogens with zero attached hydrogens (tertiary/aromatic N) is 14. The van der Waals surface area contributed by atoms with Crippen LogP contribution >= 0.6 is 24.0 Å². The fraction of sp³-hybridized carbons (Fsp3) is 0.415. The van der Waals surface area contributed by atoms with Gasteiger partial charge in [0.25, 0.3) is 21.9 Å². The van der Waals surface area contributed by atoms with Crippen LogP contribution in [0.2, 0.25) is 5.15 Å². The van der Waals surface area contributed by atoms with Gasteiger partial charge in [0.1, 0.15) is 24.0 Å². The first kappa shape index (κ1) is 73.6. The van der Waals surface area contributed by atoms with Gasteiger partial charge >= 0.3 is 24.2 Å². The van der Waals surface area contributed by atoms with Gasteiger partial charge in [-0.25, -0.2) is 37.6 Å². The van der Waals surface area contributed by atoms with Gasteiger partial charge in [0.2, 0.25) is 10.0 Å². The van der Waals surface area contributed by atoms with Crippen molar-refractivity contribution in [2.75, 3.05) is 129 Å². The number of nitrogens with one attached hydrogen (secondary N) is 7. The Morgan fingerprint density at radius 3 is 1.45 bits per heavy atom. The number of benzene rings is 5. The number of rotatable bonds is 19. The average molecular weight is 1820 g/mol. The second-order valence-corrected chi connectivity index (χ2v) is 30.8. The smallest absolute Gasteiger partial charge is 0.410 e. The zero-order valence-electron chi connectivity index (χ0n) is 89.3. The Bertz CT molecular complexity index is 6050. The molecule has 9 aromatic rings. The first-order valence-electron chi connectivity index (χ1n) is 47.2. The number of urea groups is 2. The predicted molar refractivity (Wildman–Crippen MR) is 474 cm³/mol. The van der Waals surface area contributed by atoms with E-state index in [1.165, 1.54) is 64.2 Å². The molecule has 0 unspecified atom stereocenters. The third kappa shape index (κ3) is 32.4. The van der Waals surface area contributed by atoms with Crippen LogP contribution in [0.25, 0.3) is 22.8 Å². The van der Waals surface area contributed by atoms with E-state index in [9.17, 15) is 45.6 Å². The molecule has 0 atom stereocenters. The lowest BCUT2D eigenvalue weighted by molar-refractivity contribution is 0.0130. The van der Waals surface area contributed by atoms with Gasteiger partial charge in [-0.2, -0.15) is 22.9 Å². The van der Waals surface area contributed by atoms with E-state index >= 15 is 0 Å². The summed E-state index contributed by atoms with van der Waals surface area (Å²) in [6, 6.07) is 33.3. The molecule has 6 aliphatic heterocycles. The van der Waals surface area contributed by atoms with Crippen LogP contribution in [-0.4, -0.2) is 241 Å². The van der Waals surface area contributed by atoms with Gasteiger partial charge < -0.3 is 77.0 Å². The number of methoxy groups -OCH3 is 2. The van der Waals surface area contributed by atoms with Crippen LogP contribution < -0.4 is 62.9 Å². The number of carbonyl (C=O) groups is 6. The van der Waals surface area contributed by atoms with Crippen molar-refractivity contribution in [2.24, 2.45) is 25.6 Å². The van der Waals surface area contributed by atoms with E-state index in [4.69, 9.17) is 68.9 Å². The summed E-state index contributed by atoms with van der Waals surface area (Å²) in [6.45, 7) is 7.27. The minimum atomic E-state index is -3.86. The number of anilines is 5. The van der Waals surface area contributed by atoms with Crippen LogP contribution in [-0.2, 0) is 43.2 Å². The van der Waals surface area contributed by atoms with Crippen molar-refractivity contribution < 1.29 is 96.1 Å². The standard InChI is InChI=1S/C20H23N9O3.C16H16ClN7O2.C11H16O3S.C10H13NO2S.C8H15NO2.C7H7NO2.C4H8N2O.2C3H7N.ClH/c1-21-19(30)16-14(10-15(25-26-16)24-20(31)29-8-5-9-29)23-13-7-4-6-12(17(13)32-3)18-22-11-28(2)27-18;1-18-16(25)13-11(7-12(17)21-22-13)20-10-6-4-5-9(14(10)26-3)15-19-8-24(2)23-15;1-3-4-9-14-15(12,13)11-7-5-10(2)6-8-11;1-9-3-5-10(6-4-9)14(12,13)11-7-2-8-11;1-8(2,3)11-7(10)9-5-4-6-9;8-7(9)10-6-4-2-1-3-5-6;5-4(7)6-2-1-3-6;2*1-2-4-3-1;/h4,6-7,10-11H,5,8-9H2,1-3H3,(H,21,30)(H2,23,24,25,31);4-8H,1-3H3,(H,18,25)(H,20,21);5-8H,3-4,9H2,1-2H3;3-6H,2,7-8H2,1H3;4-6H2,1-3H3;1-5H,(H2,8,9);1-3H2,(H2,5,7);2*4H,1-3H2;1H/i1D3,5D2;1D3;4D2;2D2;4D2;;3*1D2;. The fourth-order valence-corrected chi connectivity index (χ4v) is 11.7. The minimum absolute atomic E-state index is 0. The van der Waals surface area contributed by atoms with E-state index in [1.54, 1.807) is 150 Å². The van der Waals surface area contributed by atoms with E-state index in [0.29, 0.717) is 77.6 Å². The molecule has 124 heavy (non-hydrogen) atoms. The van der Waals surface area contributed by atoms with Gasteiger partial charge in [-0.3, -0.25) is 28.5 Å². The number of amides is 8. The summed E-state index contributed by atoms with van der Waals surface area (Å²) in [6.07, 6.45) is -6.60. The van der Waals surface area contributed by atoms with Crippen LogP contribution in [0.3, 0.4) is 0 Å². The van der Waals surface area contributed by atoms with Crippen molar-refractivity contribution in [1.29, 1.82) is 0 Å². The predicted octanol–water partition coefficient (Wildman–Crippen LogP) is 10.5. The molecule has 0 spiro atoms. The van der Waals surface area contributed by atoms with E-state index in [1.807, 2.05) is 30.5 Å². The van der Waals surface area contributed by atoms with Crippen LogP contribution in [0.1, 0.15) is 138 Å². The summed E-state index contributed by atoms with van der Waals surface area (Å²) >= 11 is 5.91. The molecule has 11 N–H and O–H groups in total. The van der Waals surface area contributed by atoms with Crippen LogP contribution in [0.5, 0.6) is 17.2 Å². The molecule has 6 aliphatic rings.